The molecule has 2 N–H and O–H groups in total. The average molecular weight is 310 g/mol. The summed E-state index contributed by atoms with van der Waals surface area (Å²) in [5.41, 5.74) is 0. The topological polar surface area (TPSA) is 40.5 Å². The Bertz CT molecular complexity index is 51.0. The minimum absolute atomic E-state index is 0. The molecular formula is C8H22Br2O2. The van der Waals surface area contributed by atoms with Gasteiger partial charge in [-0.3, -0.25) is 0 Å². The molecule has 0 atom stereocenters. The molecule has 0 rings (SSSR count). The van der Waals surface area contributed by atoms with Gasteiger partial charge in [-0.15, -0.1) is 34.0 Å². The lowest BCUT2D eigenvalue weighted by Gasteiger charge is -1.90. The van der Waals surface area contributed by atoms with Crippen molar-refractivity contribution in [2.45, 2.75) is 27.7 Å². The molecule has 0 unspecified atom stereocenters. The summed E-state index contributed by atoms with van der Waals surface area (Å²) in [5, 5.41) is 16.3. The van der Waals surface area contributed by atoms with Crippen LogP contribution in [0, 0.1) is 11.8 Å². The van der Waals surface area contributed by atoms with Crippen molar-refractivity contribution in [1.29, 1.82) is 0 Å². The molecule has 12 heavy (non-hydrogen) atoms. The summed E-state index contributed by atoms with van der Waals surface area (Å²) < 4.78 is 0. The third-order valence-electron chi connectivity index (χ3n) is 0.730. The maximum atomic E-state index is 8.14. The van der Waals surface area contributed by atoms with Gasteiger partial charge in [-0.2, -0.15) is 0 Å². The first-order valence-electron chi connectivity index (χ1n) is 3.76. The summed E-state index contributed by atoms with van der Waals surface area (Å²) in [7, 11) is 0. The van der Waals surface area contributed by atoms with Gasteiger partial charge in [0, 0.05) is 13.2 Å². The molecule has 0 aromatic heterocycles. The highest BCUT2D eigenvalue weighted by Gasteiger charge is 1.82. The molecule has 0 heterocycles. The van der Waals surface area contributed by atoms with E-state index < -0.39 is 0 Å². The highest BCUT2D eigenvalue weighted by Crippen LogP contribution is 1.83. The van der Waals surface area contributed by atoms with E-state index in [1.807, 2.05) is 27.7 Å². The van der Waals surface area contributed by atoms with Crippen LogP contribution in [0.1, 0.15) is 27.7 Å². The summed E-state index contributed by atoms with van der Waals surface area (Å²) in [6, 6.07) is 0. The first-order chi connectivity index (χ1) is 4.54. The van der Waals surface area contributed by atoms with Crippen molar-refractivity contribution < 1.29 is 10.2 Å². The van der Waals surface area contributed by atoms with Crippen LogP contribution in [0.25, 0.3) is 0 Å². The zero-order chi connectivity index (χ0) is 8.57. The maximum absolute atomic E-state index is 8.14. The van der Waals surface area contributed by atoms with Crippen molar-refractivity contribution in [3.05, 3.63) is 0 Å². The van der Waals surface area contributed by atoms with E-state index in [1.54, 1.807) is 0 Å². The molecule has 0 aliphatic carbocycles. The number of halogens is 2. The molecule has 0 radical (unpaired) electrons. The van der Waals surface area contributed by atoms with Gasteiger partial charge >= 0.3 is 0 Å². The fourth-order valence-electron chi connectivity index (χ4n) is 0. The number of hydrogen-bond acceptors (Lipinski definition) is 2. The Balaban J connectivity index is -0.0000000457. The molecule has 0 amide bonds. The van der Waals surface area contributed by atoms with E-state index in [1.165, 1.54) is 0 Å². The fourth-order valence-corrected chi connectivity index (χ4v) is 0. The molecule has 0 bridgehead atoms. The van der Waals surface area contributed by atoms with Gasteiger partial charge in [0.25, 0.3) is 0 Å². The predicted octanol–water partition coefficient (Wildman–Crippen LogP) is 2.43. The normalized spacial score (nSPS) is 8.00. The van der Waals surface area contributed by atoms with Crippen LogP contribution >= 0.6 is 34.0 Å². The van der Waals surface area contributed by atoms with Crippen molar-refractivity contribution in [2.24, 2.45) is 11.8 Å². The summed E-state index contributed by atoms with van der Waals surface area (Å²) in [6.07, 6.45) is 0. The van der Waals surface area contributed by atoms with Crippen molar-refractivity contribution in [3.8, 4) is 0 Å². The Morgan fingerprint density at radius 2 is 0.833 bits per heavy atom. The lowest BCUT2D eigenvalue weighted by molar-refractivity contribution is 0.248. The minimum Gasteiger partial charge on any atom is -0.396 e. The highest BCUT2D eigenvalue weighted by atomic mass is 79.9. The Labute approximate surface area is 96.9 Å². The molecule has 80 valence electrons. The molecule has 2 nitrogen and oxygen atoms in total. The van der Waals surface area contributed by atoms with Gasteiger partial charge in [-0.25, -0.2) is 0 Å². The number of aliphatic hydroxyl groups is 2. The summed E-state index contributed by atoms with van der Waals surface area (Å²) in [5.74, 6) is 0.880. The van der Waals surface area contributed by atoms with Gasteiger partial charge in [-0.05, 0) is 11.8 Å². The summed E-state index contributed by atoms with van der Waals surface area (Å²) >= 11 is 0. The average Bonchev–Trinajstić information content (AvgIpc) is 1.89. The first kappa shape index (κ1) is 23.1. The molecule has 0 spiro atoms. The van der Waals surface area contributed by atoms with E-state index in [2.05, 4.69) is 0 Å². The minimum atomic E-state index is 0. The van der Waals surface area contributed by atoms with E-state index in [0.717, 1.165) is 0 Å². The fraction of sp³-hybridized carbons (Fsp3) is 1.00. The van der Waals surface area contributed by atoms with E-state index in [9.17, 15) is 0 Å². The number of aliphatic hydroxyl groups excluding tert-OH is 2. The van der Waals surface area contributed by atoms with Gasteiger partial charge in [-0.1, -0.05) is 27.7 Å². The SMILES string of the molecule is Br.Br.CC(C)CO.CC(C)CO. The Morgan fingerprint density at radius 1 is 0.750 bits per heavy atom. The molecule has 0 aromatic carbocycles. The zero-order valence-electron chi connectivity index (χ0n) is 8.28. The smallest absolute Gasteiger partial charge is 0.0453 e. The van der Waals surface area contributed by atoms with E-state index in [-0.39, 0.29) is 34.0 Å². The molecule has 0 saturated carbocycles. The second-order valence-electron chi connectivity index (χ2n) is 3.15. The van der Waals surface area contributed by atoms with Gasteiger partial charge in [0.15, 0.2) is 0 Å². The molecule has 0 aromatic rings. The van der Waals surface area contributed by atoms with Crippen molar-refractivity contribution >= 4 is 34.0 Å². The first-order valence-corrected chi connectivity index (χ1v) is 3.76. The molecular weight excluding hydrogens is 288 g/mol. The van der Waals surface area contributed by atoms with Gasteiger partial charge in [0.05, 0.1) is 0 Å². The largest absolute Gasteiger partial charge is 0.396 e. The van der Waals surface area contributed by atoms with E-state index >= 15 is 0 Å². The van der Waals surface area contributed by atoms with Crippen LogP contribution in [0.15, 0.2) is 0 Å². The summed E-state index contributed by atoms with van der Waals surface area (Å²) in [4.78, 5) is 0. The third-order valence-corrected chi connectivity index (χ3v) is 0.730. The lowest BCUT2D eigenvalue weighted by Crippen LogP contribution is -1.90. The van der Waals surface area contributed by atoms with Crippen LogP contribution in [-0.2, 0) is 0 Å². The van der Waals surface area contributed by atoms with Crippen LogP contribution in [0.5, 0.6) is 0 Å². The summed E-state index contributed by atoms with van der Waals surface area (Å²) in [6.45, 7) is 8.50. The molecule has 4 heteroatoms. The van der Waals surface area contributed by atoms with Gasteiger partial charge in [0.1, 0.15) is 0 Å². The van der Waals surface area contributed by atoms with Crippen LogP contribution in [0.3, 0.4) is 0 Å². The van der Waals surface area contributed by atoms with Crippen molar-refractivity contribution in [3.63, 3.8) is 0 Å². The quantitative estimate of drug-likeness (QED) is 0.822. The molecule has 0 aliphatic rings. The molecule has 0 aliphatic heterocycles. The lowest BCUT2D eigenvalue weighted by atomic mass is 10.2. The van der Waals surface area contributed by atoms with Crippen LogP contribution in [0.4, 0.5) is 0 Å². The molecule has 0 saturated heterocycles. The Hall–Kier alpha value is 0.880. The van der Waals surface area contributed by atoms with E-state index in [4.69, 9.17) is 10.2 Å². The second-order valence-corrected chi connectivity index (χ2v) is 3.15. The zero-order valence-corrected chi connectivity index (χ0v) is 11.7. The Kier molecular flexibility index (Phi) is 34.3. The van der Waals surface area contributed by atoms with Crippen LogP contribution in [0.2, 0.25) is 0 Å². The predicted molar refractivity (Wildman–Crippen MR) is 64.5 cm³/mol. The van der Waals surface area contributed by atoms with E-state index in [0.29, 0.717) is 25.0 Å². The van der Waals surface area contributed by atoms with Gasteiger partial charge in [0.2, 0.25) is 0 Å². The van der Waals surface area contributed by atoms with Crippen molar-refractivity contribution in [1.82, 2.24) is 0 Å². The van der Waals surface area contributed by atoms with Crippen LogP contribution in [-0.4, -0.2) is 23.4 Å². The van der Waals surface area contributed by atoms with Crippen molar-refractivity contribution in [2.75, 3.05) is 13.2 Å². The number of hydrogen-bond donors (Lipinski definition) is 2. The Morgan fingerprint density at radius 3 is 0.833 bits per heavy atom. The number of rotatable bonds is 2. The van der Waals surface area contributed by atoms with Gasteiger partial charge < -0.3 is 10.2 Å². The highest BCUT2D eigenvalue weighted by molar-refractivity contribution is 8.93. The maximum Gasteiger partial charge on any atom is 0.0453 e. The standard InChI is InChI=1S/2C4H10O.2BrH/c2*1-4(2)3-5;;/h2*4-5H,3H2,1-2H3;2*1H. The molecule has 0 fully saturated rings. The van der Waals surface area contributed by atoms with Crippen LogP contribution < -0.4 is 0 Å². The third kappa shape index (κ3) is 44.6. The monoisotopic (exact) mass is 308 g/mol. The second kappa shape index (κ2) is 17.8.